The quantitative estimate of drug-likeness (QED) is 0.569. The standard InChI is InChI=1S/C16H19N5/c1-3-21-14(10-11(2)20-21)16(19-17)13-8-4-6-12-7-5-9-18-15(12)13/h4-10,16,19H,3,17H2,1-2H3. The molecule has 2 aromatic heterocycles. The molecule has 0 bridgehead atoms. The number of hydrazine groups is 1. The second kappa shape index (κ2) is 5.63. The molecule has 0 spiro atoms. The Morgan fingerprint density at radius 1 is 1.29 bits per heavy atom. The van der Waals surface area contributed by atoms with Gasteiger partial charge in [0.25, 0.3) is 0 Å². The Hall–Kier alpha value is -2.24. The first-order chi connectivity index (χ1) is 10.2. The summed E-state index contributed by atoms with van der Waals surface area (Å²) in [6, 6.07) is 12.1. The Morgan fingerprint density at radius 2 is 2.10 bits per heavy atom. The van der Waals surface area contributed by atoms with Crippen molar-refractivity contribution in [3.63, 3.8) is 0 Å². The van der Waals surface area contributed by atoms with Crippen LogP contribution in [-0.4, -0.2) is 14.8 Å². The van der Waals surface area contributed by atoms with Gasteiger partial charge in [-0.05, 0) is 26.0 Å². The van der Waals surface area contributed by atoms with E-state index < -0.39 is 0 Å². The van der Waals surface area contributed by atoms with Gasteiger partial charge < -0.3 is 0 Å². The molecule has 5 heteroatoms. The van der Waals surface area contributed by atoms with Crippen molar-refractivity contribution in [1.29, 1.82) is 0 Å². The van der Waals surface area contributed by atoms with E-state index in [-0.39, 0.29) is 6.04 Å². The predicted molar refractivity (Wildman–Crippen MR) is 83.5 cm³/mol. The molecule has 1 atom stereocenters. The summed E-state index contributed by atoms with van der Waals surface area (Å²) in [6.07, 6.45) is 1.81. The molecule has 0 aliphatic heterocycles. The van der Waals surface area contributed by atoms with E-state index in [1.54, 1.807) is 0 Å². The number of hydrogen-bond donors (Lipinski definition) is 2. The third-order valence-electron chi connectivity index (χ3n) is 3.67. The van der Waals surface area contributed by atoms with E-state index in [0.717, 1.165) is 34.4 Å². The Kier molecular flexibility index (Phi) is 3.68. The lowest BCUT2D eigenvalue weighted by molar-refractivity contribution is 0.544. The van der Waals surface area contributed by atoms with Crippen molar-refractivity contribution in [2.24, 2.45) is 5.84 Å². The monoisotopic (exact) mass is 281 g/mol. The predicted octanol–water partition coefficient (Wildman–Crippen LogP) is 2.31. The topological polar surface area (TPSA) is 68.8 Å². The van der Waals surface area contributed by atoms with Crippen LogP contribution in [0.1, 0.15) is 29.9 Å². The number of para-hydroxylation sites is 1. The van der Waals surface area contributed by atoms with Crippen LogP contribution in [0.15, 0.2) is 42.6 Å². The minimum atomic E-state index is -0.134. The summed E-state index contributed by atoms with van der Waals surface area (Å²) in [7, 11) is 0. The van der Waals surface area contributed by atoms with E-state index in [9.17, 15) is 0 Å². The summed E-state index contributed by atoms with van der Waals surface area (Å²) in [6.45, 7) is 4.87. The summed E-state index contributed by atoms with van der Waals surface area (Å²) in [5.41, 5.74) is 6.97. The molecule has 0 saturated carbocycles. The van der Waals surface area contributed by atoms with Gasteiger partial charge in [-0.25, -0.2) is 5.43 Å². The molecule has 0 radical (unpaired) electrons. The Morgan fingerprint density at radius 3 is 2.86 bits per heavy atom. The fourth-order valence-corrected chi connectivity index (χ4v) is 2.75. The fraction of sp³-hybridized carbons (Fsp3) is 0.250. The highest BCUT2D eigenvalue weighted by Crippen LogP contribution is 2.27. The van der Waals surface area contributed by atoms with Gasteiger partial charge in [0, 0.05) is 23.7 Å². The van der Waals surface area contributed by atoms with Crippen LogP contribution in [0.5, 0.6) is 0 Å². The zero-order valence-electron chi connectivity index (χ0n) is 12.2. The number of nitrogens with zero attached hydrogens (tertiary/aromatic N) is 3. The van der Waals surface area contributed by atoms with Gasteiger partial charge in [-0.3, -0.25) is 15.5 Å². The van der Waals surface area contributed by atoms with Gasteiger partial charge in [0.1, 0.15) is 0 Å². The van der Waals surface area contributed by atoms with Gasteiger partial charge in [-0.1, -0.05) is 24.3 Å². The first-order valence-corrected chi connectivity index (χ1v) is 7.08. The van der Waals surface area contributed by atoms with Crippen molar-refractivity contribution < 1.29 is 0 Å². The average Bonchev–Trinajstić information content (AvgIpc) is 2.89. The van der Waals surface area contributed by atoms with Gasteiger partial charge in [0.05, 0.1) is 22.9 Å². The second-order valence-corrected chi connectivity index (χ2v) is 5.05. The van der Waals surface area contributed by atoms with Crippen LogP contribution < -0.4 is 11.3 Å². The van der Waals surface area contributed by atoms with Crippen LogP contribution >= 0.6 is 0 Å². The minimum Gasteiger partial charge on any atom is -0.271 e. The SMILES string of the molecule is CCn1nc(C)cc1C(NN)c1cccc2cccnc12. The molecule has 1 aromatic carbocycles. The number of hydrogen-bond acceptors (Lipinski definition) is 4. The molecular formula is C16H19N5. The Labute approximate surface area is 123 Å². The average molecular weight is 281 g/mol. The highest BCUT2D eigenvalue weighted by Gasteiger charge is 2.20. The van der Waals surface area contributed by atoms with Crippen molar-refractivity contribution in [1.82, 2.24) is 20.2 Å². The van der Waals surface area contributed by atoms with Gasteiger partial charge >= 0.3 is 0 Å². The first-order valence-electron chi connectivity index (χ1n) is 7.08. The first kappa shape index (κ1) is 13.7. The molecule has 2 heterocycles. The lowest BCUT2D eigenvalue weighted by Gasteiger charge is -2.19. The van der Waals surface area contributed by atoms with Crippen molar-refractivity contribution in [3.8, 4) is 0 Å². The molecule has 0 fully saturated rings. The van der Waals surface area contributed by atoms with E-state index in [2.05, 4.69) is 46.7 Å². The third-order valence-corrected chi connectivity index (χ3v) is 3.67. The van der Waals surface area contributed by atoms with Crippen LogP contribution in [0, 0.1) is 6.92 Å². The molecule has 21 heavy (non-hydrogen) atoms. The molecule has 0 aliphatic carbocycles. The molecule has 108 valence electrons. The lowest BCUT2D eigenvalue weighted by Crippen LogP contribution is -2.31. The highest BCUT2D eigenvalue weighted by molar-refractivity contribution is 5.82. The number of nitrogens with one attached hydrogen (secondary N) is 1. The van der Waals surface area contributed by atoms with Crippen molar-refractivity contribution in [3.05, 3.63) is 59.5 Å². The van der Waals surface area contributed by atoms with Crippen LogP contribution in [0.2, 0.25) is 0 Å². The smallest absolute Gasteiger partial charge is 0.0899 e. The highest BCUT2D eigenvalue weighted by atomic mass is 15.3. The molecule has 1 unspecified atom stereocenters. The number of pyridine rings is 1. The number of aromatic nitrogens is 3. The third kappa shape index (κ3) is 2.41. The zero-order chi connectivity index (χ0) is 14.8. The number of benzene rings is 1. The van der Waals surface area contributed by atoms with E-state index >= 15 is 0 Å². The van der Waals surface area contributed by atoms with Crippen molar-refractivity contribution >= 4 is 10.9 Å². The molecule has 0 amide bonds. The summed E-state index contributed by atoms with van der Waals surface area (Å²) in [5.74, 6) is 5.84. The minimum absolute atomic E-state index is 0.134. The number of nitrogens with two attached hydrogens (primary N) is 1. The van der Waals surface area contributed by atoms with Crippen LogP contribution in [-0.2, 0) is 6.54 Å². The summed E-state index contributed by atoms with van der Waals surface area (Å²) in [5, 5.41) is 5.61. The van der Waals surface area contributed by atoms with Gasteiger partial charge in [0.2, 0.25) is 0 Å². The summed E-state index contributed by atoms with van der Waals surface area (Å²) in [4.78, 5) is 4.51. The molecular weight excluding hydrogens is 262 g/mol. The molecule has 0 aliphatic rings. The van der Waals surface area contributed by atoms with E-state index in [1.165, 1.54) is 0 Å². The van der Waals surface area contributed by atoms with E-state index in [1.807, 2.05) is 29.9 Å². The maximum atomic E-state index is 5.84. The van der Waals surface area contributed by atoms with Crippen LogP contribution in [0.3, 0.4) is 0 Å². The molecule has 5 nitrogen and oxygen atoms in total. The maximum absolute atomic E-state index is 5.84. The lowest BCUT2D eigenvalue weighted by atomic mass is 10.0. The second-order valence-electron chi connectivity index (χ2n) is 5.05. The molecule has 3 N–H and O–H groups in total. The molecule has 3 aromatic rings. The Bertz CT molecular complexity index is 757. The zero-order valence-corrected chi connectivity index (χ0v) is 12.2. The molecule has 3 rings (SSSR count). The number of fused-ring (bicyclic) bond motifs is 1. The number of rotatable bonds is 4. The van der Waals surface area contributed by atoms with Crippen LogP contribution in [0.4, 0.5) is 0 Å². The fourth-order valence-electron chi connectivity index (χ4n) is 2.75. The van der Waals surface area contributed by atoms with Crippen molar-refractivity contribution in [2.75, 3.05) is 0 Å². The summed E-state index contributed by atoms with van der Waals surface area (Å²) < 4.78 is 1.97. The van der Waals surface area contributed by atoms with Crippen molar-refractivity contribution in [2.45, 2.75) is 26.4 Å². The maximum Gasteiger partial charge on any atom is 0.0899 e. The van der Waals surface area contributed by atoms with Gasteiger partial charge in [-0.15, -0.1) is 0 Å². The largest absolute Gasteiger partial charge is 0.271 e. The number of aryl methyl sites for hydroxylation is 2. The summed E-state index contributed by atoms with van der Waals surface area (Å²) >= 11 is 0. The van der Waals surface area contributed by atoms with E-state index in [4.69, 9.17) is 5.84 Å². The van der Waals surface area contributed by atoms with E-state index in [0.29, 0.717) is 0 Å². The van der Waals surface area contributed by atoms with Crippen LogP contribution in [0.25, 0.3) is 10.9 Å². The van der Waals surface area contributed by atoms with Gasteiger partial charge in [-0.2, -0.15) is 5.10 Å². The normalized spacial score (nSPS) is 12.7. The van der Waals surface area contributed by atoms with Gasteiger partial charge in [0.15, 0.2) is 0 Å². The Balaban J connectivity index is 2.18. The molecule has 0 saturated heterocycles.